The second kappa shape index (κ2) is 9.43. The van der Waals surface area contributed by atoms with E-state index in [1.54, 1.807) is 24.4 Å². The number of carbonyl (C=O) groups is 1. The van der Waals surface area contributed by atoms with E-state index in [9.17, 15) is 9.18 Å². The summed E-state index contributed by atoms with van der Waals surface area (Å²) in [7, 11) is 0. The zero-order valence-electron chi connectivity index (χ0n) is 15.4. The van der Waals surface area contributed by atoms with Gasteiger partial charge >= 0.3 is 0 Å². The molecule has 1 amide bonds. The van der Waals surface area contributed by atoms with Crippen LogP contribution in [0, 0.1) is 5.82 Å². The number of aromatic nitrogens is 1. The summed E-state index contributed by atoms with van der Waals surface area (Å²) in [6.07, 6.45) is 1.59. The minimum Gasteiger partial charge on any atom is -0.477 e. The van der Waals surface area contributed by atoms with Crippen LogP contribution in [0.4, 0.5) is 4.39 Å². The molecule has 1 atom stereocenters. The van der Waals surface area contributed by atoms with Crippen LogP contribution in [0.5, 0.6) is 5.88 Å². The van der Waals surface area contributed by atoms with Gasteiger partial charge in [0.05, 0.1) is 25.9 Å². The summed E-state index contributed by atoms with van der Waals surface area (Å²) in [4.78, 5) is 19.0. The van der Waals surface area contributed by atoms with Crippen molar-refractivity contribution in [2.24, 2.45) is 0 Å². The van der Waals surface area contributed by atoms with E-state index in [2.05, 4.69) is 15.2 Å². The Hall–Kier alpha value is -2.51. The van der Waals surface area contributed by atoms with E-state index in [-0.39, 0.29) is 17.8 Å². The van der Waals surface area contributed by atoms with Gasteiger partial charge in [0.1, 0.15) is 11.4 Å². The lowest BCUT2D eigenvalue weighted by molar-refractivity contribution is 0.0161. The fourth-order valence-corrected chi connectivity index (χ4v) is 3.16. The number of hydrogen-bond donors (Lipinski definition) is 1. The summed E-state index contributed by atoms with van der Waals surface area (Å²) in [5.74, 6) is -0.240. The first kappa shape index (κ1) is 19.3. The average molecular weight is 373 g/mol. The molecule has 6 nitrogen and oxygen atoms in total. The fraction of sp³-hybridized carbons (Fsp3) is 0.400. The highest BCUT2D eigenvalue weighted by atomic mass is 19.1. The van der Waals surface area contributed by atoms with E-state index >= 15 is 0 Å². The second-order valence-corrected chi connectivity index (χ2v) is 6.22. The molecule has 0 spiro atoms. The highest BCUT2D eigenvalue weighted by Gasteiger charge is 2.24. The smallest absolute Gasteiger partial charge is 0.256 e. The van der Waals surface area contributed by atoms with Crippen molar-refractivity contribution in [2.45, 2.75) is 13.0 Å². The van der Waals surface area contributed by atoms with Crippen molar-refractivity contribution in [2.75, 3.05) is 39.5 Å². The summed E-state index contributed by atoms with van der Waals surface area (Å²) in [6, 6.07) is 9.74. The molecule has 1 fully saturated rings. The molecule has 27 heavy (non-hydrogen) atoms. The zero-order chi connectivity index (χ0) is 19.1. The Bertz CT molecular complexity index is 766. The summed E-state index contributed by atoms with van der Waals surface area (Å²) < 4.78 is 24.6. The number of pyridine rings is 1. The summed E-state index contributed by atoms with van der Waals surface area (Å²) in [5.41, 5.74) is 1.22. The molecule has 144 valence electrons. The summed E-state index contributed by atoms with van der Waals surface area (Å²) >= 11 is 0. The van der Waals surface area contributed by atoms with Crippen LogP contribution in [0.15, 0.2) is 42.6 Å². The van der Waals surface area contributed by atoms with E-state index in [4.69, 9.17) is 9.47 Å². The van der Waals surface area contributed by atoms with Gasteiger partial charge in [0.15, 0.2) is 0 Å². The maximum atomic E-state index is 13.7. The minimum absolute atomic E-state index is 0.138. The van der Waals surface area contributed by atoms with Gasteiger partial charge in [0.2, 0.25) is 5.88 Å². The third-order valence-corrected chi connectivity index (χ3v) is 4.47. The Morgan fingerprint density at radius 1 is 1.33 bits per heavy atom. The molecule has 1 aromatic heterocycles. The molecule has 1 aliphatic rings. The topological polar surface area (TPSA) is 63.7 Å². The standard InChI is InChI=1S/C20H24FN3O3/c1-2-27-20-17(7-4-8-22-20)19(25)23-14-18(24-9-11-26-12-10-24)15-5-3-6-16(21)13-15/h3-8,13,18H,2,9-12,14H2,1H3,(H,23,25). The third kappa shape index (κ3) is 5.02. The van der Waals surface area contributed by atoms with Crippen LogP contribution >= 0.6 is 0 Å². The number of rotatable bonds is 7. The lowest BCUT2D eigenvalue weighted by atomic mass is 10.0. The van der Waals surface area contributed by atoms with Gasteiger partial charge in [-0.25, -0.2) is 9.37 Å². The maximum Gasteiger partial charge on any atom is 0.256 e. The van der Waals surface area contributed by atoms with Gasteiger partial charge in [0.25, 0.3) is 5.91 Å². The predicted octanol–water partition coefficient (Wildman–Crippen LogP) is 2.42. The van der Waals surface area contributed by atoms with Crippen molar-refractivity contribution in [3.05, 3.63) is 59.5 Å². The van der Waals surface area contributed by atoms with E-state index in [1.807, 2.05) is 13.0 Å². The molecule has 0 aliphatic carbocycles. The highest BCUT2D eigenvalue weighted by molar-refractivity contribution is 5.96. The highest BCUT2D eigenvalue weighted by Crippen LogP contribution is 2.22. The molecular formula is C20H24FN3O3. The Balaban J connectivity index is 1.75. The Morgan fingerprint density at radius 2 is 2.15 bits per heavy atom. The van der Waals surface area contributed by atoms with Crippen molar-refractivity contribution in [1.82, 2.24) is 15.2 Å². The number of ether oxygens (including phenoxy) is 2. The molecule has 0 radical (unpaired) electrons. The molecular weight excluding hydrogens is 349 g/mol. The second-order valence-electron chi connectivity index (χ2n) is 6.22. The molecule has 1 N–H and O–H groups in total. The lowest BCUT2D eigenvalue weighted by Crippen LogP contribution is -2.43. The average Bonchev–Trinajstić information content (AvgIpc) is 2.69. The quantitative estimate of drug-likeness (QED) is 0.808. The predicted molar refractivity (Wildman–Crippen MR) is 99.3 cm³/mol. The van der Waals surface area contributed by atoms with Gasteiger partial charge in [-0.05, 0) is 36.8 Å². The van der Waals surface area contributed by atoms with Gasteiger partial charge in [-0.15, -0.1) is 0 Å². The van der Waals surface area contributed by atoms with Crippen molar-refractivity contribution in [3.8, 4) is 5.88 Å². The number of nitrogens with one attached hydrogen (secondary N) is 1. The van der Waals surface area contributed by atoms with E-state index < -0.39 is 0 Å². The van der Waals surface area contributed by atoms with E-state index in [0.29, 0.717) is 37.8 Å². The molecule has 1 unspecified atom stereocenters. The molecule has 0 bridgehead atoms. The third-order valence-electron chi connectivity index (χ3n) is 4.47. The molecule has 7 heteroatoms. The van der Waals surface area contributed by atoms with Crippen molar-refractivity contribution in [3.63, 3.8) is 0 Å². The molecule has 3 rings (SSSR count). The van der Waals surface area contributed by atoms with Crippen LogP contribution < -0.4 is 10.1 Å². The first-order valence-electron chi connectivity index (χ1n) is 9.12. The van der Waals surface area contributed by atoms with Crippen LogP contribution in [0.3, 0.4) is 0 Å². The number of carbonyl (C=O) groups excluding carboxylic acids is 1. The monoisotopic (exact) mass is 373 g/mol. The molecule has 1 saturated heterocycles. The minimum atomic E-state index is -0.289. The lowest BCUT2D eigenvalue weighted by Gasteiger charge is -2.35. The molecule has 1 aromatic carbocycles. The largest absolute Gasteiger partial charge is 0.477 e. The van der Waals surface area contributed by atoms with Gasteiger partial charge in [0, 0.05) is 25.8 Å². The van der Waals surface area contributed by atoms with Gasteiger partial charge < -0.3 is 14.8 Å². The molecule has 0 saturated carbocycles. The fourth-order valence-electron chi connectivity index (χ4n) is 3.16. The van der Waals surface area contributed by atoms with Crippen molar-refractivity contribution < 1.29 is 18.7 Å². The van der Waals surface area contributed by atoms with Crippen LogP contribution in [0.25, 0.3) is 0 Å². The number of morpholine rings is 1. The molecule has 2 heterocycles. The number of halogens is 1. The first-order chi connectivity index (χ1) is 13.2. The SMILES string of the molecule is CCOc1ncccc1C(=O)NCC(c1cccc(F)c1)N1CCOCC1. The number of nitrogens with zero attached hydrogens (tertiary/aromatic N) is 2. The Morgan fingerprint density at radius 3 is 2.89 bits per heavy atom. The summed E-state index contributed by atoms with van der Waals surface area (Å²) in [5, 5.41) is 2.95. The van der Waals surface area contributed by atoms with Crippen molar-refractivity contribution >= 4 is 5.91 Å². The molecule has 2 aromatic rings. The maximum absolute atomic E-state index is 13.7. The van der Waals surface area contributed by atoms with Gasteiger partial charge in [-0.2, -0.15) is 0 Å². The number of amides is 1. The normalized spacial score (nSPS) is 15.9. The van der Waals surface area contributed by atoms with Crippen LogP contribution in [0.1, 0.15) is 28.9 Å². The van der Waals surface area contributed by atoms with Gasteiger partial charge in [-0.1, -0.05) is 12.1 Å². The van der Waals surface area contributed by atoms with E-state index in [1.165, 1.54) is 12.1 Å². The van der Waals surface area contributed by atoms with Crippen molar-refractivity contribution in [1.29, 1.82) is 0 Å². The number of hydrogen-bond acceptors (Lipinski definition) is 5. The zero-order valence-corrected chi connectivity index (χ0v) is 15.4. The van der Waals surface area contributed by atoms with E-state index in [0.717, 1.165) is 18.7 Å². The van der Waals surface area contributed by atoms with Crippen LogP contribution in [-0.4, -0.2) is 55.2 Å². The number of benzene rings is 1. The van der Waals surface area contributed by atoms with Crippen LogP contribution in [-0.2, 0) is 4.74 Å². The Kier molecular flexibility index (Phi) is 6.73. The summed E-state index contributed by atoms with van der Waals surface area (Å²) in [6.45, 7) is 5.32. The van der Waals surface area contributed by atoms with Gasteiger partial charge in [-0.3, -0.25) is 9.69 Å². The first-order valence-corrected chi connectivity index (χ1v) is 9.12. The molecule has 1 aliphatic heterocycles. The Labute approximate surface area is 158 Å². The van der Waals surface area contributed by atoms with Crippen LogP contribution in [0.2, 0.25) is 0 Å².